The highest BCUT2D eigenvalue weighted by Crippen LogP contribution is 2.76. The van der Waals surface area contributed by atoms with Crippen LogP contribution >= 0.6 is 20.2 Å². The second kappa shape index (κ2) is 2.88. The van der Waals surface area contributed by atoms with E-state index in [0.29, 0.717) is 0 Å². The Morgan fingerprint density at radius 1 is 0.909 bits per heavy atom. The second-order valence-electron chi connectivity index (χ2n) is 1.47. The van der Waals surface area contributed by atoms with Crippen LogP contribution in [0.25, 0.3) is 0 Å². The molecular weight excluding hydrogens is 281 g/mol. The summed E-state index contributed by atoms with van der Waals surface area (Å²) in [5.74, 6) is -10.8. The number of alkyl halides is 6. The number of hydrogen-bond donors (Lipinski definition) is 0. The topological polar surface area (TPSA) is 0 Å². The monoisotopic (exact) mass is 280 g/mol. The van der Waals surface area contributed by atoms with Gasteiger partial charge in [-0.2, -0.15) is 26.3 Å². The van der Waals surface area contributed by atoms with Crippen LogP contribution in [0.4, 0.5) is 26.3 Å². The van der Waals surface area contributed by atoms with Gasteiger partial charge in [0.15, 0.2) is 0 Å². The molecule has 0 amide bonds. The lowest BCUT2D eigenvalue weighted by atomic mass is 11.5. The Balaban J connectivity index is 4.92. The zero-order valence-electron chi connectivity index (χ0n) is 4.50. The molecule has 0 saturated heterocycles. The van der Waals surface area contributed by atoms with Crippen molar-refractivity contribution < 1.29 is 26.3 Å². The molecular formula is C2BrF6PS. The molecule has 0 bridgehead atoms. The van der Waals surface area contributed by atoms with Crippen molar-refractivity contribution in [1.29, 1.82) is 0 Å². The van der Waals surface area contributed by atoms with Crippen molar-refractivity contribution in [3.05, 3.63) is 0 Å². The van der Waals surface area contributed by atoms with E-state index in [1.54, 1.807) is 0 Å². The highest BCUT2D eigenvalue weighted by molar-refractivity contribution is 9.44. The molecule has 0 spiro atoms. The van der Waals surface area contributed by atoms with E-state index in [2.05, 4.69) is 11.8 Å². The van der Waals surface area contributed by atoms with Gasteiger partial charge in [0.05, 0.1) is 0 Å². The Bertz CT molecular complexity index is 174. The standard InChI is InChI=1S/C2BrF6PS/c3-10(11,1(4,5)6)2(7,8)9. The van der Waals surface area contributed by atoms with Gasteiger partial charge in [-0.25, -0.2) is 0 Å². The van der Waals surface area contributed by atoms with E-state index < -0.39 is 16.6 Å². The maximum atomic E-state index is 11.5. The van der Waals surface area contributed by atoms with E-state index >= 15 is 0 Å². The van der Waals surface area contributed by atoms with Gasteiger partial charge in [-0.15, -0.1) is 0 Å². The lowest BCUT2D eigenvalue weighted by Gasteiger charge is -2.20. The predicted molar refractivity (Wildman–Crippen MR) is 35.3 cm³/mol. The van der Waals surface area contributed by atoms with E-state index in [1.165, 1.54) is 15.5 Å². The summed E-state index contributed by atoms with van der Waals surface area (Å²) < 4.78 is 63.6. The molecule has 0 rings (SSSR count). The molecule has 0 aromatic heterocycles. The Labute approximate surface area is 70.7 Å². The highest BCUT2D eigenvalue weighted by Gasteiger charge is 2.62. The molecule has 0 atom stereocenters. The predicted octanol–water partition coefficient (Wildman–Crippen LogP) is 3.82. The van der Waals surface area contributed by atoms with Crippen LogP contribution < -0.4 is 0 Å². The van der Waals surface area contributed by atoms with Crippen molar-refractivity contribution in [1.82, 2.24) is 0 Å². The fourth-order valence-corrected chi connectivity index (χ4v) is 0.431. The van der Waals surface area contributed by atoms with Gasteiger partial charge >= 0.3 is 11.8 Å². The maximum absolute atomic E-state index is 11.5. The zero-order chi connectivity index (χ0) is 9.50. The van der Waals surface area contributed by atoms with E-state index in [1.807, 2.05) is 0 Å². The van der Waals surface area contributed by atoms with Gasteiger partial charge in [-0.05, 0) is 15.5 Å². The van der Waals surface area contributed by atoms with Gasteiger partial charge in [-0.1, -0.05) is 11.8 Å². The number of halogens is 7. The molecule has 11 heavy (non-hydrogen) atoms. The first kappa shape index (κ1) is 11.7. The minimum absolute atomic E-state index is 1.50. The molecule has 0 N–H and O–H groups in total. The largest absolute Gasteiger partial charge is 0.432 e. The van der Waals surface area contributed by atoms with Crippen LogP contribution in [0.2, 0.25) is 0 Å². The molecule has 0 heterocycles. The highest BCUT2D eigenvalue weighted by atomic mass is 79.9. The van der Waals surface area contributed by atoms with Crippen molar-refractivity contribution in [3.8, 4) is 0 Å². The molecule has 0 fully saturated rings. The molecule has 68 valence electrons. The van der Waals surface area contributed by atoms with Crippen LogP contribution in [0.5, 0.6) is 0 Å². The molecule has 0 aliphatic heterocycles. The minimum atomic E-state index is -5.41. The average Bonchev–Trinajstić information content (AvgIpc) is 1.58. The third-order valence-electron chi connectivity index (χ3n) is 0.652. The zero-order valence-corrected chi connectivity index (χ0v) is 7.80. The number of hydrogen-bond acceptors (Lipinski definition) is 1. The van der Waals surface area contributed by atoms with Gasteiger partial charge in [0.2, 0.25) is 4.74 Å². The van der Waals surface area contributed by atoms with Gasteiger partial charge in [0.25, 0.3) is 0 Å². The Kier molecular flexibility index (Phi) is 3.07. The van der Waals surface area contributed by atoms with Crippen LogP contribution in [-0.2, 0) is 11.8 Å². The Hall–Kier alpha value is 0.710. The van der Waals surface area contributed by atoms with E-state index in [4.69, 9.17) is 0 Å². The number of rotatable bonds is 0. The summed E-state index contributed by atoms with van der Waals surface area (Å²) in [5.41, 5.74) is 0. The Morgan fingerprint density at radius 3 is 1.09 bits per heavy atom. The molecule has 0 saturated carbocycles. The molecule has 0 nitrogen and oxygen atoms in total. The summed E-state index contributed by atoms with van der Waals surface area (Å²) in [6.45, 7) is 0. The van der Waals surface area contributed by atoms with Gasteiger partial charge in [0.1, 0.15) is 0 Å². The van der Waals surface area contributed by atoms with Crippen molar-refractivity contribution in [2.24, 2.45) is 0 Å². The first-order chi connectivity index (χ1) is 4.50. The van der Waals surface area contributed by atoms with Crippen LogP contribution in [0, 0.1) is 0 Å². The molecule has 0 aliphatic rings. The SMILES string of the molecule is FC(F)(F)P(=S)(Br)C(F)(F)F. The van der Waals surface area contributed by atoms with Gasteiger partial charge < -0.3 is 0 Å². The molecule has 0 aliphatic carbocycles. The first-order valence-electron chi connectivity index (χ1n) is 1.93. The molecule has 0 aromatic carbocycles. The van der Waals surface area contributed by atoms with Crippen molar-refractivity contribution in [2.45, 2.75) is 11.8 Å². The summed E-state index contributed by atoms with van der Waals surface area (Å²) in [5, 5.41) is 0. The summed E-state index contributed by atoms with van der Waals surface area (Å²) in [7, 11) is 0. The van der Waals surface area contributed by atoms with Crippen LogP contribution in [0.1, 0.15) is 0 Å². The van der Waals surface area contributed by atoms with Crippen LogP contribution in [0.15, 0.2) is 0 Å². The van der Waals surface area contributed by atoms with Crippen LogP contribution in [0.3, 0.4) is 0 Å². The normalized spacial score (nSPS) is 15.2. The molecule has 0 radical (unpaired) electrons. The minimum Gasteiger partial charge on any atom is -0.165 e. The smallest absolute Gasteiger partial charge is 0.165 e. The fourth-order valence-electron chi connectivity index (χ4n) is 0.144. The summed E-state index contributed by atoms with van der Waals surface area (Å²) in [6, 6.07) is 0. The summed E-state index contributed by atoms with van der Waals surface area (Å²) in [4.78, 5) is 0. The second-order valence-corrected chi connectivity index (χ2v) is 9.79. The summed E-state index contributed by atoms with van der Waals surface area (Å²) >= 11 is 4.89. The summed E-state index contributed by atoms with van der Waals surface area (Å²) in [6.07, 6.45) is 0. The van der Waals surface area contributed by atoms with Crippen molar-refractivity contribution in [3.63, 3.8) is 0 Å². The third-order valence-corrected chi connectivity index (χ3v) is 5.61. The van der Waals surface area contributed by atoms with Crippen LogP contribution in [-0.4, -0.2) is 11.8 Å². The third kappa shape index (κ3) is 2.32. The molecule has 0 aromatic rings. The average molecular weight is 281 g/mol. The maximum Gasteiger partial charge on any atom is 0.432 e. The van der Waals surface area contributed by atoms with Gasteiger partial charge in [-0.3, -0.25) is 0 Å². The lowest BCUT2D eigenvalue weighted by Crippen LogP contribution is -2.17. The van der Waals surface area contributed by atoms with Gasteiger partial charge in [0, 0.05) is 0 Å². The van der Waals surface area contributed by atoms with E-state index in [9.17, 15) is 26.3 Å². The Morgan fingerprint density at radius 2 is 1.09 bits per heavy atom. The van der Waals surface area contributed by atoms with E-state index in [0.717, 1.165) is 0 Å². The van der Waals surface area contributed by atoms with Crippen molar-refractivity contribution >= 4 is 32.0 Å². The van der Waals surface area contributed by atoms with Crippen molar-refractivity contribution in [2.75, 3.05) is 0 Å². The fraction of sp³-hybridized carbons (Fsp3) is 1.00. The van der Waals surface area contributed by atoms with E-state index in [-0.39, 0.29) is 0 Å². The molecule has 9 heteroatoms. The first-order valence-corrected chi connectivity index (χ1v) is 6.75. The lowest BCUT2D eigenvalue weighted by molar-refractivity contribution is -0.0799. The quantitative estimate of drug-likeness (QED) is 0.480. The molecule has 0 unspecified atom stereocenters.